The van der Waals surface area contributed by atoms with Gasteiger partial charge < -0.3 is 19.9 Å². The Morgan fingerprint density at radius 3 is 2.70 bits per heavy atom. The van der Waals surface area contributed by atoms with Gasteiger partial charge in [-0.2, -0.15) is 4.98 Å². The Hall–Kier alpha value is -2.64. The number of nitrogens with zero attached hydrogens (tertiary/aromatic N) is 3. The molecule has 1 aromatic carbocycles. The third-order valence-electron chi connectivity index (χ3n) is 3.65. The molecule has 0 saturated carbocycles. The van der Waals surface area contributed by atoms with Crippen molar-refractivity contribution in [3.05, 3.63) is 41.8 Å². The lowest BCUT2D eigenvalue weighted by Crippen LogP contribution is -2.39. The molecule has 8 heteroatoms. The standard InChI is InChI=1S/C19H28FN5O2/c1-5-21-19(22-11-10-17-24-18(13(2)3)25-27-17)23-12-14(4)26-16-9-7-6-8-15(16)20/h6-9,13-14H,5,10-12H2,1-4H3,(H2,21,22,23). The maximum atomic E-state index is 13.6. The number of hydrogen-bond acceptors (Lipinski definition) is 5. The number of halogens is 1. The molecule has 1 atom stereocenters. The summed E-state index contributed by atoms with van der Waals surface area (Å²) in [4.78, 5) is 8.83. The second kappa shape index (κ2) is 10.5. The van der Waals surface area contributed by atoms with E-state index in [1.807, 2.05) is 27.7 Å². The fourth-order valence-corrected chi connectivity index (χ4v) is 2.25. The summed E-state index contributed by atoms with van der Waals surface area (Å²) in [6, 6.07) is 6.35. The Kier molecular flexibility index (Phi) is 8.03. The van der Waals surface area contributed by atoms with Crippen molar-refractivity contribution in [1.82, 2.24) is 20.8 Å². The molecule has 1 aromatic heterocycles. The Morgan fingerprint density at radius 2 is 2.04 bits per heavy atom. The molecule has 0 spiro atoms. The molecule has 2 N–H and O–H groups in total. The molecule has 2 aromatic rings. The van der Waals surface area contributed by atoms with Gasteiger partial charge in [0.25, 0.3) is 0 Å². The molecule has 0 bridgehead atoms. The van der Waals surface area contributed by atoms with Gasteiger partial charge in [-0.25, -0.2) is 9.38 Å². The van der Waals surface area contributed by atoms with Crippen LogP contribution in [0.25, 0.3) is 0 Å². The monoisotopic (exact) mass is 377 g/mol. The van der Waals surface area contributed by atoms with Gasteiger partial charge in [-0.05, 0) is 26.0 Å². The SMILES string of the molecule is CCNC(=NCC(C)Oc1ccccc1F)NCCc1nc(C(C)C)no1. The first kappa shape index (κ1) is 20.7. The van der Waals surface area contributed by atoms with E-state index in [1.165, 1.54) is 6.07 Å². The van der Waals surface area contributed by atoms with Crippen molar-refractivity contribution in [2.45, 2.75) is 46.1 Å². The minimum absolute atomic E-state index is 0.232. The summed E-state index contributed by atoms with van der Waals surface area (Å²) in [7, 11) is 0. The predicted molar refractivity (Wildman–Crippen MR) is 103 cm³/mol. The molecule has 0 saturated heterocycles. The molecule has 1 unspecified atom stereocenters. The second-order valence-corrected chi connectivity index (χ2v) is 6.46. The minimum Gasteiger partial charge on any atom is -0.486 e. The molecule has 0 aliphatic carbocycles. The van der Waals surface area contributed by atoms with Gasteiger partial charge in [0.1, 0.15) is 6.10 Å². The van der Waals surface area contributed by atoms with Crippen LogP contribution in [0.4, 0.5) is 4.39 Å². The van der Waals surface area contributed by atoms with Crippen LogP contribution in [0.2, 0.25) is 0 Å². The van der Waals surface area contributed by atoms with Crippen molar-refractivity contribution < 1.29 is 13.7 Å². The van der Waals surface area contributed by atoms with Crippen molar-refractivity contribution in [2.24, 2.45) is 4.99 Å². The van der Waals surface area contributed by atoms with Crippen molar-refractivity contribution >= 4 is 5.96 Å². The highest BCUT2D eigenvalue weighted by Gasteiger charge is 2.10. The number of benzene rings is 1. The first-order chi connectivity index (χ1) is 13.0. The zero-order valence-electron chi connectivity index (χ0n) is 16.3. The van der Waals surface area contributed by atoms with E-state index in [-0.39, 0.29) is 23.6 Å². The Morgan fingerprint density at radius 1 is 1.26 bits per heavy atom. The zero-order valence-corrected chi connectivity index (χ0v) is 16.3. The maximum absolute atomic E-state index is 13.6. The molecule has 1 heterocycles. The number of aromatic nitrogens is 2. The van der Waals surface area contributed by atoms with E-state index in [4.69, 9.17) is 9.26 Å². The van der Waals surface area contributed by atoms with E-state index in [9.17, 15) is 4.39 Å². The van der Waals surface area contributed by atoms with Crippen LogP contribution >= 0.6 is 0 Å². The first-order valence-corrected chi connectivity index (χ1v) is 9.25. The molecular weight excluding hydrogens is 349 g/mol. The lowest BCUT2D eigenvalue weighted by molar-refractivity contribution is 0.220. The van der Waals surface area contributed by atoms with E-state index in [0.29, 0.717) is 37.2 Å². The largest absolute Gasteiger partial charge is 0.486 e. The fourth-order valence-electron chi connectivity index (χ4n) is 2.25. The fraction of sp³-hybridized carbons (Fsp3) is 0.526. The maximum Gasteiger partial charge on any atom is 0.228 e. The summed E-state index contributed by atoms with van der Waals surface area (Å²) in [5, 5.41) is 10.3. The minimum atomic E-state index is -0.376. The summed E-state index contributed by atoms with van der Waals surface area (Å²) in [6.45, 7) is 9.61. The van der Waals surface area contributed by atoms with Gasteiger partial charge in [-0.3, -0.25) is 0 Å². The molecule has 0 radical (unpaired) electrons. The van der Waals surface area contributed by atoms with Gasteiger partial charge in [0, 0.05) is 25.4 Å². The second-order valence-electron chi connectivity index (χ2n) is 6.46. The van der Waals surface area contributed by atoms with Crippen LogP contribution in [0.1, 0.15) is 45.3 Å². The number of guanidine groups is 1. The number of para-hydroxylation sites is 1. The van der Waals surface area contributed by atoms with Crippen LogP contribution in [0.3, 0.4) is 0 Å². The summed E-state index contributed by atoms with van der Waals surface area (Å²) >= 11 is 0. The van der Waals surface area contributed by atoms with E-state index in [0.717, 1.165) is 6.54 Å². The van der Waals surface area contributed by atoms with Crippen LogP contribution < -0.4 is 15.4 Å². The summed E-state index contributed by atoms with van der Waals surface area (Å²) < 4.78 is 24.5. The Balaban J connectivity index is 1.82. The smallest absolute Gasteiger partial charge is 0.228 e. The highest BCUT2D eigenvalue weighted by molar-refractivity contribution is 5.79. The van der Waals surface area contributed by atoms with Gasteiger partial charge in [0.2, 0.25) is 5.89 Å². The number of ether oxygens (including phenoxy) is 1. The molecule has 148 valence electrons. The topological polar surface area (TPSA) is 84.6 Å². The van der Waals surface area contributed by atoms with Crippen molar-refractivity contribution in [2.75, 3.05) is 19.6 Å². The molecule has 2 rings (SSSR count). The van der Waals surface area contributed by atoms with Gasteiger partial charge >= 0.3 is 0 Å². The third-order valence-corrected chi connectivity index (χ3v) is 3.65. The zero-order chi connectivity index (χ0) is 19.6. The van der Waals surface area contributed by atoms with Gasteiger partial charge in [0.15, 0.2) is 23.4 Å². The molecular formula is C19H28FN5O2. The molecule has 0 aliphatic heterocycles. The number of aliphatic imine (C=N–C) groups is 1. The van der Waals surface area contributed by atoms with Crippen molar-refractivity contribution in [3.63, 3.8) is 0 Å². The highest BCUT2D eigenvalue weighted by Crippen LogP contribution is 2.17. The quantitative estimate of drug-likeness (QED) is 0.516. The first-order valence-electron chi connectivity index (χ1n) is 9.25. The van der Waals surface area contributed by atoms with Gasteiger partial charge in [-0.15, -0.1) is 0 Å². The lowest BCUT2D eigenvalue weighted by Gasteiger charge is -2.15. The summed E-state index contributed by atoms with van der Waals surface area (Å²) in [6.07, 6.45) is 0.340. The molecule has 27 heavy (non-hydrogen) atoms. The molecule has 0 aliphatic rings. The van der Waals surface area contributed by atoms with E-state index >= 15 is 0 Å². The lowest BCUT2D eigenvalue weighted by atomic mass is 10.2. The van der Waals surface area contributed by atoms with Crippen LogP contribution in [0.5, 0.6) is 5.75 Å². The number of nitrogens with one attached hydrogen (secondary N) is 2. The van der Waals surface area contributed by atoms with E-state index in [1.54, 1.807) is 18.2 Å². The Bertz CT molecular complexity index is 732. The van der Waals surface area contributed by atoms with E-state index in [2.05, 4.69) is 25.8 Å². The average molecular weight is 377 g/mol. The average Bonchev–Trinajstić information content (AvgIpc) is 3.11. The van der Waals surface area contributed by atoms with Gasteiger partial charge in [0.05, 0.1) is 6.54 Å². The van der Waals surface area contributed by atoms with Crippen LogP contribution in [-0.4, -0.2) is 41.8 Å². The van der Waals surface area contributed by atoms with Crippen molar-refractivity contribution in [3.8, 4) is 5.75 Å². The molecule has 7 nitrogen and oxygen atoms in total. The summed E-state index contributed by atoms with van der Waals surface area (Å²) in [5.74, 6) is 2.06. The molecule has 0 fully saturated rings. The van der Waals surface area contributed by atoms with Gasteiger partial charge in [-0.1, -0.05) is 31.1 Å². The summed E-state index contributed by atoms with van der Waals surface area (Å²) in [5.41, 5.74) is 0. The molecule has 0 amide bonds. The normalized spacial score (nSPS) is 12.9. The van der Waals surface area contributed by atoms with E-state index < -0.39 is 0 Å². The highest BCUT2D eigenvalue weighted by atomic mass is 19.1. The van der Waals surface area contributed by atoms with Crippen LogP contribution in [0, 0.1) is 5.82 Å². The predicted octanol–water partition coefficient (Wildman–Crippen LogP) is 2.90. The number of rotatable bonds is 9. The Labute approximate surface area is 159 Å². The van der Waals surface area contributed by atoms with Crippen LogP contribution in [0.15, 0.2) is 33.8 Å². The van der Waals surface area contributed by atoms with Crippen molar-refractivity contribution in [1.29, 1.82) is 0 Å². The third kappa shape index (κ3) is 6.88. The number of hydrogen-bond donors (Lipinski definition) is 2. The van der Waals surface area contributed by atoms with Crippen LogP contribution in [-0.2, 0) is 6.42 Å².